The molecular formula is C18H19N3O2. The number of fused-ring (bicyclic) bond motifs is 1. The number of rotatable bonds is 5. The fourth-order valence-electron chi connectivity index (χ4n) is 2.63. The second-order valence-electron chi connectivity index (χ2n) is 5.29. The lowest BCUT2D eigenvalue weighted by atomic mass is 10.1. The summed E-state index contributed by atoms with van der Waals surface area (Å²) in [6.45, 7) is 3.92. The normalized spacial score (nSPS) is 10.9. The molecule has 0 aliphatic carbocycles. The maximum absolute atomic E-state index is 11.9. The smallest absolute Gasteiger partial charge is 0.182 e. The maximum Gasteiger partial charge on any atom is 0.182 e. The number of ether oxygens (including phenoxy) is 1. The summed E-state index contributed by atoms with van der Waals surface area (Å²) in [4.78, 5) is 16.2. The number of hydrogen-bond acceptors (Lipinski definition) is 4. The van der Waals surface area contributed by atoms with Gasteiger partial charge in [0, 0.05) is 24.2 Å². The molecule has 0 radical (unpaired) electrons. The summed E-state index contributed by atoms with van der Waals surface area (Å²) >= 11 is 0. The van der Waals surface area contributed by atoms with Gasteiger partial charge < -0.3 is 4.74 Å². The molecule has 0 atom stereocenters. The molecule has 5 nitrogen and oxygen atoms in total. The second-order valence-corrected chi connectivity index (χ2v) is 5.29. The van der Waals surface area contributed by atoms with E-state index in [4.69, 9.17) is 4.74 Å². The summed E-state index contributed by atoms with van der Waals surface area (Å²) in [5.41, 5.74) is 4.13. The second kappa shape index (κ2) is 6.20. The van der Waals surface area contributed by atoms with Crippen LogP contribution in [0.2, 0.25) is 0 Å². The van der Waals surface area contributed by atoms with E-state index in [1.54, 1.807) is 23.9 Å². The van der Waals surface area contributed by atoms with Gasteiger partial charge in [0.05, 0.1) is 12.8 Å². The van der Waals surface area contributed by atoms with Crippen LogP contribution in [0.3, 0.4) is 0 Å². The molecule has 0 saturated carbocycles. The number of hydrogen-bond donors (Lipinski definition) is 0. The Labute approximate surface area is 134 Å². The van der Waals surface area contributed by atoms with Crippen molar-refractivity contribution in [3.63, 3.8) is 0 Å². The van der Waals surface area contributed by atoms with Crippen LogP contribution in [0.4, 0.5) is 0 Å². The first-order valence-electron chi connectivity index (χ1n) is 7.73. The first-order chi connectivity index (χ1) is 11.2. The highest BCUT2D eigenvalue weighted by molar-refractivity contribution is 5.95. The highest BCUT2D eigenvalue weighted by Crippen LogP contribution is 2.27. The van der Waals surface area contributed by atoms with Crippen molar-refractivity contribution >= 4 is 11.4 Å². The Bertz CT molecular complexity index is 868. The maximum atomic E-state index is 11.9. The van der Waals surface area contributed by atoms with Crippen molar-refractivity contribution in [2.24, 2.45) is 0 Å². The molecule has 0 bridgehead atoms. The van der Waals surface area contributed by atoms with Crippen LogP contribution in [0, 0.1) is 0 Å². The zero-order valence-electron chi connectivity index (χ0n) is 13.5. The van der Waals surface area contributed by atoms with E-state index in [1.807, 2.05) is 25.1 Å². The largest absolute Gasteiger partial charge is 0.496 e. The molecule has 23 heavy (non-hydrogen) atoms. The molecule has 2 aromatic heterocycles. The van der Waals surface area contributed by atoms with Crippen LogP contribution >= 0.6 is 0 Å². The summed E-state index contributed by atoms with van der Waals surface area (Å²) in [7, 11) is 1.67. The van der Waals surface area contributed by atoms with Crippen LogP contribution in [0.1, 0.15) is 36.3 Å². The minimum atomic E-state index is 0.0142. The van der Waals surface area contributed by atoms with E-state index in [2.05, 4.69) is 23.1 Å². The van der Waals surface area contributed by atoms with E-state index in [9.17, 15) is 4.79 Å². The molecule has 0 aliphatic rings. The van der Waals surface area contributed by atoms with E-state index in [0.717, 1.165) is 29.0 Å². The monoisotopic (exact) mass is 309 g/mol. The van der Waals surface area contributed by atoms with Gasteiger partial charge in [-0.15, -0.1) is 0 Å². The van der Waals surface area contributed by atoms with Crippen LogP contribution < -0.4 is 4.74 Å². The van der Waals surface area contributed by atoms with Gasteiger partial charge >= 0.3 is 0 Å². The number of aromatic nitrogens is 3. The molecule has 0 unspecified atom stereocenters. The number of carbonyl (C=O) groups is 1. The Hall–Kier alpha value is -2.69. The number of aryl methyl sites for hydroxylation is 1. The van der Waals surface area contributed by atoms with Crippen LogP contribution in [0.25, 0.3) is 16.9 Å². The number of nitrogens with zero attached hydrogens (tertiary/aromatic N) is 3. The average Bonchev–Trinajstić information content (AvgIpc) is 3.04. The van der Waals surface area contributed by atoms with Crippen LogP contribution in [0.15, 0.2) is 36.5 Å². The van der Waals surface area contributed by atoms with E-state index in [0.29, 0.717) is 17.8 Å². The van der Waals surface area contributed by atoms with Gasteiger partial charge in [0.2, 0.25) is 0 Å². The molecular weight excluding hydrogens is 290 g/mol. The van der Waals surface area contributed by atoms with Gasteiger partial charge in [-0.05, 0) is 24.1 Å². The average molecular weight is 309 g/mol. The number of benzene rings is 1. The Balaban J connectivity index is 2.16. The Morgan fingerprint density at radius 3 is 2.74 bits per heavy atom. The molecule has 3 rings (SSSR count). The molecule has 0 N–H and O–H groups in total. The SMILES string of the molecule is CCC(=O)c1cc2nccc(-c3ccc(CC)c(OC)c3)n2n1. The summed E-state index contributed by atoms with van der Waals surface area (Å²) in [5.74, 6) is 0.868. The van der Waals surface area contributed by atoms with Gasteiger partial charge in [0.15, 0.2) is 11.4 Å². The first kappa shape index (κ1) is 15.2. The molecule has 5 heteroatoms. The molecule has 0 fully saturated rings. The Morgan fingerprint density at radius 1 is 1.22 bits per heavy atom. The lowest BCUT2D eigenvalue weighted by Crippen LogP contribution is -2.00. The third kappa shape index (κ3) is 2.70. The fraction of sp³-hybridized carbons (Fsp3) is 0.278. The van der Waals surface area contributed by atoms with Crippen molar-refractivity contribution in [3.05, 3.63) is 47.8 Å². The predicted octanol–water partition coefficient (Wildman–Crippen LogP) is 3.56. The molecule has 0 aliphatic heterocycles. The lowest BCUT2D eigenvalue weighted by molar-refractivity contribution is 0.0983. The van der Waals surface area contributed by atoms with Gasteiger partial charge in [-0.1, -0.05) is 26.0 Å². The zero-order chi connectivity index (χ0) is 16.4. The summed E-state index contributed by atoms with van der Waals surface area (Å²) in [6.07, 6.45) is 3.07. The summed E-state index contributed by atoms with van der Waals surface area (Å²) < 4.78 is 7.18. The standard InChI is InChI=1S/C18H19N3O2/c1-4-12-6-7-13(10-17(12)23-3)15-8-9-19-18-11-14(16(22)5-2)20-21(15)18/h6-11H,4-5H2,1-3H3. The number of ketones is 1. The molecule has 0 spiro atoms. The summed E-state index contributed by atoms with van der Waals surface area (Å²) in [6, 6.07) is 9.71. The quantitative estimate of drug-likeness (QED) is 0.676. The molecule has 2 heterocycles. The molecule has 3 aromatic rings. The van der Waals surface area contributed by atoms with Crippen LogP contribution in [-0.2, 0) is 6.42 Å². The Kier molecular flexibility index (Phi) is 4.10. The topological polar surface area (TPSA) is 56.5 Å². The fourth-order valence-corrected chi connectivity index (χ4v) is 2.63. The van der Waals surface area contributed by atoms with Crippen molar-refractivity contribution in [2.75, 3.05) is 7.11 Å². The van der Waals surface area contributed by atoms with Gasteiger partial charge in [-0.25, -0.2) is 9.50 Å². The van der Waals surface area contributed by atoms with Crippen molar-refractivity contribution < 1.29 is 9.53 Å². The van der Waals surface area contributed by atoms with Gasteiger partial charge in [-0.3, -0.25) is 4.79 Å². The molecule has 0 saturated heterocycles. The van der Waals surface area contributed by atoms with E-state index < -0.39 is 0 Å². The number of carbonyl (C=O) groups excluding carboxylic acids is 1. The van der Waals surface area contributed by atoms with E-state index >= 15 is 0 Å². The predicted molar refractivity (Wildman–Crippen MR) is 89.0 cm³/mol. The minimum Gasteiger partial charge on any atom is -0.496 e. The van der Waals surface area contributed by atoms with Crippen LogP contribution in [-0.4, -0.2) is 27.5 Å². The van der Waals surface area contributed by atoms with Gasteiger partial charge in [0.25, 0.3) is 0 Å². The van der Waals surface area contributed by atoms with E-state index in [-0.39, 0.29) is 5.78 Å². The van der Waals surface area contributed by atoms with E-state index in [1.165, 1.54) is 0 Å². The zero-order valence-corrected chi connectivity index (χ0v) is 13.5. The van der Waals surface area contributed by atoms with Crippen molar-refractivity contribution in [2.45, 2.75) is 26.7 Å². The highest BCUT2D eigenvalue weighted by Gasteiger charge is 2.13. The third-order valence-electron chi connectivity index (χ3n) is 3.93. The van der Waals surface area contributed by atoms with Crippen molar-refractivity contribution in [1.82, 2.24) is 14.6 Å². The van der Waals surface area contributed by atoms with Crippen molar-refractivity contribution in [1.29, 1.82) is 0 Å². The van der Waals surface area contributed by atoms with Crippen molar-refractivity contribution in [3.8, 4) is 17.0 Å². The van der Waals surface area contributed by atoms with Crippen LogP contribution in [0.5, 0.6) is 5.75 Å². The third-order valence-corrected chi connectivity index (χ3v) is 3.93. The molecule has 118 valence electrons. The Morgan fingerprint density at radius 2 is 2.04 bits per heavy atom. The van der Waals surface area contributed by atoms with Gasteiger partial charge in [-0.2, -0.15) is 5.10 Å². The first-order valence-corrected chi connectivity index (χ1v) is 7.73. The molecule has 1 aromatic carbocycles. The summed E-state index contributed by atoms with van der Waals surface area (Å²) in [5, 5.41) is 4.42. The lowest BCUT2D eigenvalue weighted by Gasteiger charge is -2.10. The minimum absolute atomic E-state index is 0.0142. The number of methoxy groups -OCH3 is 1. The molecule has 0 amide bonds. The highest BCUT2D eigenvalue weighted by atomic mass is 16.5. The van der Waals surface area contributed by atoms with Gasteiger partial charge in [0.1, 0.15) is 11.4 Å². The number of Topliss-reactive ketones (excluding diaryl/α,β-unsaturated/α-hetero) is 1.